The van der Waals surface area contributed by atoms with E-state index in [4.69, 9.17) is 0 Å². The van der Waals surface area contributed by atoms with E-state index in [9.17, 15) is 10.1 Å². The van der Waals surface area contributed by atoms with E-state index in [0.717, 1.165) is 36.9 Å². The number of aromatic nitrogens is 2. The van der Waals surface area contributed by atoms with Crippen molar-refractivity contribution < 1.29 is 4.79 Å². The van der Waals surface area contributed by atoms with Crippen LogP contribution >= 0.6 is 11.3 Å². The van der Waals surface area contributed by atoms with Crippen LogP contribution in [0.4, 0.5) is 5.00 Å². The summed E-state index contributed by atoms with van der Waals surface area (Å²) in [6, 6.07) is 4.02. The van der Waals surface area contributed by atoms with Crippen LogP contribution in [0.3, 0.4) is 0 Å². The molecule has 0 aliphatic heterocycles. The third-order valence-electron chi connectivity index (χ3n) is 4.11. The molecule has 0 atom stereocenters. The van der Waals surface area contributed by atoms with Gasteiger partial charge < -0.3 is 5.32 Å². The Morgan fingerprint density at radius 1 is 1.41 bits per heavy atom. The third-order valence-corrected chi connectivity index (χ3v) is 5.31. The molecule has 1 amide bonds. The summed E-state index contributed by atoms with van der Waals surface area (Å²) in [5, 5.41) is 17.2. The quantitative estimate of drug-likeness (QED) is 0.865. The first-order chi connectivity index (χ1) is 10.6. The minimum absolute atomic E-state index is 0.253. The van der Waals surface area contributed by atoms with Crippen LogP contribution in [0.15, 0.2) is 6.07 Å². The standard InChI is InChI=1S/C16H18N4OS/c1-10-8-13(19-20(10)2)15(21)18-16-12(9-17)11-6-4-3-5-7-14(11)22-16/h8H,3-7H2,1-2H3,(H,18,21). The summed E-state index contributed by atoms with van der Waals surface area (Å²) >= 11 is 1.54. The lowest BCUT2D eigenvalue weighted by molar-refractivity contribution is 0.102. The molecule has 1 N–H and O–H groups in total. The second-order valence-electron chi connectivity index (χ2n) is 5.63. The predicted octanol–water partition coefficient (Wildman–Crippen LogP) is 3.18. The summed E-state index contributed by atoms with van der Waals surface area (Å²) < 4.78 is 1.67. The van der Waals surface area contributed by atoms with Crippen LogP contribution in [-0.2, 0) is 19.9 Å². The molecule has 2 heterocycles. The van der Waals surface area contributed by atoms with Crippen molar-refractivity contribution in [3.8, 4) is 6.07 Å². The number of carbonyl (C=O) groups excluding carboxylic acids is 1. The molecule has 1 aliphatic rings. The Labute approximate surface area is 133 Å². The van der Waals surface area contributed by atoms with Gasteiger partial charge in [-0.15, -0.1) is 11.3 Å². The highest BCUT2D eigenvalue weighted by Crippen LogP contribution is 2.37. The monoisotopic (exact) mass is 314 g/mol. The summed E-state index contributed by atoms with van der Waals surface area (Å²) in [6.07, 6.45) is 5.43. The predicted molar refractivity (Wildman–Crippen MR) is 86.2 cm³/mol. The van der Waals surface area contributed by atoms with Gasteiger partial charge in [-0.1, -0.05) is 6.42 Å². The normalized spacial score (nSPS) is 14.0. The zero-order valence-corrected chi connectivity index (χ0v) is 13.6. The van der Waals surface area contributed by atoms with Crippen molar-refractivity contribution in [3.05, 3.63) is 33.5 Å². The van der Waals surface area contributed by atoms with E-state index in [-0.39, 0.29) is 5.91 Å². The topological polar surface area (TPSA) is 70.7 Å². The van der Waals surface area contributed by atoms with Crippen molar-refractivity contribution >= 4 is 22.2 Å². The first-order valence-corrected chi connectivity index (χ1v) is 8.28. The molecule has 3 rings (SSSR count). The lowest BCUT2D eigenvalue weighted by atomic mass is 10.1. The van der Waals surface area contributed by atoms with Crippen molar-refractivity contribution in [1.29, 1.82) is 5.26 Å². The Balaban J connectivity index is 1.89. The maximum Gasteiger partial charge on any atom is 0.276 e. The van der Waals surface area contributed by atoms with Gasteiger partial charge in [-0.05, 0) is 44.2 Å². The number of rotatable bonds is 2. The molecule has 0 fully saturated rings. The van der Waals surface area contributed by atoms with E-state index in [1.54, 1.807) is 29.1 Å². The molecule has 2 aromatic rings. The van der Waals surface area contributed by atoms with E-state index < -0.39 is 0 Å². The van der Waals surface area contributed by atoms with Crippen LogP contribution < -0.4 is 5.32 Å². The second kappa shape index (κ2) is 5.93. The summed E-state index contributed by atoms with van der Waals surface area (Å²) in [5.41, 5.74) is 3.08. The maximum absolute atomic E-state index is 12.3. The molecule has 2 aromatic heterocycles. The van der Waals surface area contributed by atoms with E-state index in [1.165, 1.54) is 11.3 Å². The molecular weight excluding hydrogens is 296 g/mol. The van der Waals surface area contributed by atoms with Gasteiger partial charge in [0.15, 0.2) is 5.69 Å². The number of carbonyl (C=O) groups is 1. The molecule has 6 heteroatoms. The lowest BCUT2D eigenvalue weighted by Crippen LogP contribution is -2.13. The van der Waals surface area contributed by atoms with Crippen LogP contribution in [0.2, 0.25) is 0 Å². The number of anilines is 1. The number of thiophene rings is 1. The number of hydrogen-bond donors (Lipinski definition) is 1. The SMILES string of the molecule is Cc1cc(C(=O)Nc2sc3c(c2C#N)CCCCC3)nn1C. The van der Waals surface area contributed by atoms with Gasteiger partial charge in [0.25, 0.3) is 5.91 Å². The Hall–Kier alpha value is -2.13. The van der Waals surface area contributed by atoms with E-state index >= 15 is 0 Å². The number of hydrogen-bond acceptors (Lipinski definition) is 4. The van der Waals surface area contributed by atoms with Crippen LogP contribution in [0.25, 0.3) is 0 Å². The molecule has 0 radical (unpaired) electrons. The summed E-state index contributed by atoms with van der Waals surface area (Å²) in [7, 11) is 1.81. The van der Waals surface area contributed by atoms with Gasteiger partial charge in [-0.2, -0.15) is 10.4 Å². The molecule has 114 valence electrons. The zero-order chi connectivity index (χ0) is 15.7. The largest absolute Gasteiger partial charge is 0.311 e. The van der Waals surface area contributed by atoms with Crippen LogP contribution in [0, 0.1) is 18.3 Å². The fourth-order valence-electron chi connectivity index (χ4n) is 2.79. The van der Waals surface area contributed by atoms with E-state index in [0.29, 0.717) is 16.3 Å². The Morgan fingerprint density at radius 2 is 2.18 bits per heavy atom. The van der Waals surface area contributed by atoms with Crippen molar-refractivity contribution in [1.82, 2.24) is 9.78 Å². The van der Waals surface area contributed by atoms with E-state index in [1.807, 2.05) is 6.92 Å². The smallest absolute Gasteiger partial charge is 0.276 e. The van der Waals surface area contributed by atoms with Crippen LogP contribution in [0.1, 0.15) is 51.4 Å². The van der Waals surface area contributed by atoms with Gasteiger partial charge in [0.05, 0.1) is 5.56 Å². The number of nitriles is 1. The van der Waals surface area contributed by atoms with Crippen molar-refractivity contribution in [2.45, 2.75) is 39.0 Å². The number of amides is 1. The summed E-state index contributed by atoms with van der Waals surface area (Å²) in [4.78, 5) is 13.6. The molecule has 0 unspecified atom stereocenters. The first-order valence-electron chi connectivity index (χ1n) is 7.46. The highest BCUT2D eigenvalue weighted by atomic mass is 32.1. The summed E-state index contributed by atoms with van der Waals surface area (Å²) in [5.74, 6) is -0.253. The number of nitrogens with zero attached hydrogens (tertiary/aromatic N) is 3. The average molecular weight is 314 g/mol. The zero-order valence-electron chi connectivity index (χ0n) is 12.8. The van der Waals surface area contributed by atoms with E-state index in [2.05, 4.69) is 16.5 Å². The summed E-state index contributed by atoms with van der Waals surface area (Å²) in [6.45, 7) is 1.90. The third kappa shape index (κ3) is 2.64. The van der Waals surface area contributed by atoms with Crippen molar-refractivity contribution in [2.75, 3.05) is 5.32 Å². The van der Waals surface area contributed by atoms with Gasteiger partial charge in [0.2, 0.25) is 0 Å². The molecule has 0 saturated heterocycles. The molecule has 1 aliphatic carbocycles. The lowest BCUT2D eigenvalue weighted by Gasteiger charge is -2.01. The van der Waals surface area contributed by atoms with Gasteiger partial charge in [0.1, 0.15) is 11.1 Å². The molecule has 0 aromatic carbocycles. The average Bonchev–Trinajstić information content (AvgIpc) is 2.90. The van der Waals surface area contributed by atoms with Gasteiger partial charge >= 0.3 is 0 Å². The number of fused-ring (bicyclic) bond motifs is 1. The first kappa shape index (κ1) is 14.8. The molecule has 0 spiro atoms. The highest BCUT2D eigenvalue weighted by Gasteiger charge is 2.22. The number of nitrogens with one attached hydrogen (secondary N) is 1. The van der Waals surface area contributed by atoms with Crippen molar-refractivity contribution in [3.63, 3.8) is 0 Å². The Bertz CT molecular complexity index is 746. The minimum atomic E-state index is -0.253. The number of aryl methyl sites for hydroxylation is 3. The fourth-order valence-corrected chi connectivity index (χ4v) is 4.02. The van der Waals surface area contributed by atoms with Crippen LogP contribution in [0.5, 0.6) is 0 Å². The Morgan fingerprint density at radius 3 is 2.86 bits per heavy atom. The fraction of sp³-hybridized carbons (Fsp3) is 0.438. The molecular formula is C16H18N4OS. The van der Waals surface area contributed by atoms with Gasteiger partial charge in [-0.3, -0.25) is 9.48 Å². The van der Waals surface area contributed by atoms with Gasteiger partial charge in [0, 0.05) is 17.6 Å². The molecule has 0 bridgehead atoms. The van der Waals surface area contributed by atoms with Crippen molar-refractivity contribution in [2.24, 2.45) is 7.05 Å². The van der Waals surface area contributed by atoms with Gasteiger partial charge in [-0.25, -0.2) is 0 Å². The maximum atomic E-state index is 12.3. The molecule has 5 nitrogen and oxygen atoms in total. The second-order valence-corrected chi connectivity index (χ2v) is 6.73. The molecule has 0 saturated carbocycles. The highest BCUT2D eigenvalue weighted by molar-refractivity contribution is 7.16. The molecule has 22 heavy (non-hydrogen) atoms. The Kier molecular flexibility index (Phi) is 3.99. The van der Waals surface area contributed by atoms with Crippen LogP contribution in [-0.4, -0.2) is 15.7 Å². The minimum Gasteiger partial charge on any atom is -0.311 e.